The van der Waals surface area contributed by atoms with Gasteiger partial charge in [0.05, 0.1) is 0 Å². The maximum atomic E-state index is 4.47. The Morgan fingerprint density at radius 3 is 3.29 bits per heavy atom. The molecule has 1 atom stereocenters. The number of hydrogen-bond acceptors (Lipinski definition) is 5. The molecule has 6 heteroatoms. The standard InChI is InChI=1S/C11H16N6/c1-2-17(9-3-4-12-7-9)10-11-15-14-8-16(11)6-5-13-10/h5-6,8-9,12H,2-4,7H2,1H3. The smallest absolute Gasteiger partial charge is 0.203 e. The molecule has 0 bridgehead atoms. The van der Waals surface area contributed by atoms with Crippen molar-refractivity contribution < 1.29 is 0 Å². The number of fused-ring (bicyclic) bond motifs is 1. The van der Waals surface area contributed by atoms with Crippen LogP contribution in [0.3, 0.4) is 0 Å². The van der Waals surface area contributed by atoms with Crippen molar-refractivity contribution in [2.45, 2.75) is 19.4 Å². The van der Waals surface area contributed by atoms with Gasteiger partial charge < -0.3 is 10.2 Å². The summed E-state index contributed by atoms with van der Waals surface area (Å²) in [5, 5.41) is 11.5. The van der Waals surface area contributed by atoms with E-state index in [1.807, 2.05) is 10.6 Å². The molecule has 17 heavy (non-hydrogen) atoms. The minimum atomic E-state index is 0.510. The summed E-state index contributed by atoms with van der Waals surface area (Å²) in [6.07, 6.45) is 6.54. The molecule has 6 nitrogen and oxygen atoms in total. The fourth-order valence-corrected chi connectivity index (χ4v) is 2.43. The first-order chi connectivity index (χ1) is 8.40. The fourth-order valence-electron chi connectivity index (χ4n) is 2.43. The van der Waals surface area contributed by atoms with Crippen LogP contribution in [0.4, 0.5) is 5.82 Å². The molecule has 3 rings (SSSR count). The highest BCUT2D eigenvalue weighted by molar-refractivity contribution is 5.63. The molecule has 3 heterocycles. The summed E-state index contributed by atoms with van der Waals surface area (Å²) in [6.45, 7) is 5.19. The lowest BCUT2D eigenvalue weighted by Crippen LogP contribution is -2.37. The van der Waals surface area contributed by atoms with Crippen LogP contribution in [-0.2, 0) is 0 Å². The third kappa shape index (κ3) is 1.74. The molecule has 1 aliphatic rings. The maximum absolute atomic E-state index is 4.47. The van der Waals surface area contributed by atoms with Gasteiger partial charge in [-0.1, -0.05) is 0 Å². The van der Waals surface area contributed by atoms with Crippen LogP contribution in [0.25, 0.3) is 5.65 Å². The molecule has 1 unspecified atom stereocenters. The summed E-state index contributed by atoms with van der Waals surface area (Å²) in [7, 11) is 0. The predicted octanol–water partition coefficient (Wildman–Crippen LogP) is 0.312. The second kappa shape index (κ2) is 4.29. The van der Waals surface area contributed by atoms with E-state index in [1.165, 1.54) is 0 Å². The lowest BCUT2D eigenvalue weighted by molar-refractivity contribution is 0.640. The number of hydrogen-bond donors (Lipinski definition) is 1. The average Bonchev–Trinajstić information content (AvgIpc) is 3.00. The van der Waals surface area contributed by atoms with Crippen LogP contribution in [0.1, 0.15) is 13.3 Å². The molecule has 1 N–H and O–H groups in total. The van der Waals surface area contributed by atoms with Gasteiger partial charge in [0, 0.05) is 31.5 Å². The first-order valence-corrected chi connectivity index (χ1v) is 6.02. The molecule has 2 aromatic heterocycles. The highest BCUT2D eigenvalue weighted by atomic mass is 15.3. The minimum absolute atomic E-state index is 0.510. The average molecular weight is 232 g/mol. The van der Waals surface area contributed by atoms with Crippen LogP contribution in [0, 0.1) is 0 Å². The van der Waals surface area contributed by atoms with Crippen LogP contribution in [0.5, 0.6) is 0 Å². The van der Waals surface area contributed by atoms with Crippen molar-refractivity contribution in [1.82, 2.24) is 24.9 Å². The zero-order valence-corrected chi connectivity index (χ0v) is 9.87. The molecule has 1 aliphatic heterocycles. The van der Waals surface area contributed by atoms with Gasteiger partial charge in [0.1, 0.15) is 6.33 Å². The van der Waals surface area contributed by atoms with E-state index in [0.29, 0.717) is 6.04 Å². The molecule has 0 saturated carbocycles. The molecule has 0 amide bonds. The summed E-state index contributed by atoms with van der Waals surface area (Å²) in [4.78, 5) is 6.78. The largest absolute Gasteiger partial charge is 0.349 e. The Morgan fingerprint density at radius 2 is 2.53 bits per heavy atom. The summed E-state index contributed by atoms with van der Waals surface area (Å²) in [5.41, 5.74) is 0.834. The monoisotopic (exact) mass is 232 g/mol. The topological polar surface area (TPSA) is 58.4 Å². The Labute approximate surface area is 99.7 Å². The van der Waals surface area contributed by atoms with E-state index in [1.54, 1.807) is 12.5 Å². The molecule has 1 saturated heterocycles. The number of nitrogens with one attached hydrogen (secondary N) is 1. The van der Waals surface area contributed by atoms with Crippen molar-refractivity contribution in [3.63, 3.8) is 0 Å². The number of nitrogens with zero attached hydrogens (tertiary/aromatic N) is 5. The summed E-state index contributed by atoms with van der Waals surface area (Å²) < 4.78 is 1.91. The van der Waals surface area contributed by atoms with Crippen molar-refractivity contribution in [2.24, 2.45) is 0 Å². The molecule has 0 radical (unpaired) electrons. The van der Waals surface area contributed by atoms with E-state index in [4.69, 9.17) is 0 Å². The van der Waals surface area contributed by atoms with E-state index in [0.717, 1.165) is 37.5 Å². The number of rotatable bonds is 3. The van der Waals surface area contributed by atoms with Crippen LogP contribution in [-0.4, -0.2) is 45.3 Å². The van der Waals surface area contributed by atoms with Gasteiger partial charge in [-0.15, -0.1) is 10.2 Å². The quantitative estimate of drug-likeness (QED) is 0.825. The first kappa shape index (κ1) is 10.5. The third-order valence-corrected chi connectivity index (χ3v) is 3.28. The van der Waals surface area contributed by atoms with Gasteiger partial charge in [-0.2, -0.15) is 0 Å². The SMILES string of the molecule is CCN(c1nccn2cnnc12)C1CCNC1. The van der Waals surface area contributed by atoms with E-state index < -0.39 is 0 Å². The van der Waals surface area contributed by atoms with E-state index >= 15 is 0 Å². The lowest BCUT2D eigenvalue weighted by atomic mass is 10.2. The summed E-state index contributed by atoms with van der Waals surface area (Å²) in [5.74, 6) is 0.932. The van der Waals surface area contributed by atoms with Crippen molar-refractivity contribution in [2.75, 3.05) is 24.5 Å². The zero-order chi connectivity index (χ0) is 11.7. The Balaban J connectivity index is 2.02. The van der Waals surface area contributed by atoms with Gasteiger partial charge in [-0.3, -0.25) is 4.40 Å². The number of aromatic nitrogens is 4. The zero-order valence-electron chi connectivity index (χ0n) is 9.87. The van der Waals surface area contributed by atoms with Crippen molar-refractivity contribution in [3.8, 4) is 0 Å². The fraction of sp³-hybridized carbons (Fsp3) is 0.545. The highest BCUT2D eigenvalue weighted by Crippen LogP contribution is 2.20. The van der Waals surface area contributed by atoms with Crippen molar-refractivity contribution in [3.05, 3.63) is 18.7 Å². The third-order valence-electron chi connectivity index (χ3n) is 3.28. The van der Waals surface area contributed by atoms with E-state index in [9.17, 15) is 0 Å². The maximum Gasteiger partial charge on any atom is 0.203 e. The molecule has 0 aliphatic carbocycles. The van der Waals surface area contributed by atoms with E-state index in [2.05, 4.69) is 32.3 Å². The van der Waals surface area contributed by atoms with Crippen LogP contribution in [0.15, 0.2) is 18.7 Å². The molecule has 1 fully saturated rings. The van der Waals surface area contributed by atoms with Gasteiger partial charge in [-0.05, 0) is 19.9 Å². The molecular weight excluding hydrogens is 216 g/mol. The summed E-state index contributed by atoms with van der Waals surface area (Å²) in [6, 6.07) is 0.510. The van der Waals surface area contributed by atoms with E-state index in [-0.39, 0.29) is 0 Å². The summed E-state index contributed by atoms with van der Waals surface area (Å²) >= 11 is 0. The molecule has 0 aromatic carbocycles. The first-order valence-electron chi connectivity index (χ1n) is 6.02. The number of likely N-dealkylation sites (N-methyl/N-ethyl adjacent to an activating group) is 1. The van der Waals surface area contributed by atoms with Gasteiger partial charge >= 0.3 is 0 Å². The highest BCUT2D eigenvalue weighted by Gasteiger charge is 2.24. The second-order valence-corrected chi connectivity index (χ2v) is 4.25. The molecule has 2 aromatic rings. The van der Waals surface area contributed by atoms with Gasteiger partial charge in [0.25, 0.3) is 0 Å². The Bertz CT molecular complexity index is 501. The van der Waals surface area contributed by atoms with Gasteiger partial charge in [-0.25, -0.2) is 4.98 Å². The minimum Gasteiger partial charge on any atom is -0.349 e. The van der Waals surface area contributed by atoms with Crippen LogP contribution >= 0.6 is 0 Å². The normalized spacial score (nSPS) is 19.9. The van der Waals surface area contributed by atoms with Crippen molar-refractivity contribution >= 4 is 11.5 Å². The lowest BCUT2D eigenvalue weighted by Gasteiger charge is -2.28. The Kier molecular flexibility index (Phi) is 2.64. The van der Waals surface area contributed by atoms with Gasteiger partial charge in [0.2, 0.25) is 5.65 Å². The van der Waals surface area contributed by atoms with Gasteiger partial charge in [0.15, 0.2) is 5.82 Å². The number of anilines is 1. The van der Waals surface area contributed by atoms with Crippen LogP contribution < -0.4 is 10.2 Å². The second-order valence-electron chi connectivity index (χ2n) is 4.25. The Hall–Kier alpha value is -1.69. The predicted molar refractivity (Wildman–Crippen MR) is 65.1 cm³/mol. The van der Waals surface area contributed by atoms with Crippen LogP contribution in [0.2, 0.25) is 0 Å². The molecular formula is C11H16N6. The molecule has 90 valence electrons. The Morgan fingerprint density at radius 1 is 1.59 bits per heavy atom. The van der Waals surface area contributed by atoms with Crippen molar-refractivity contribution in [1.29, 1.82) is 0 Å². The molecule has 0 spiro atoms.